The number of fused-ring (bicyclic) bond motifs is 1. The lowest BCUT2D eigenvalue weighted by molar-refractivity contribution is -0.123. The van der Waals surface area contributed by atoms with Crippen molar-refractivity contribution in [3.63, 3.8) is 0 Å². The number of benzene rings is 3. The van der Waals surface area contributed by atoms with Gasteiger partial charge in [-0.25, -0.2) is 9.69 Å². The van der Waals surface area contributed by atoms with E-state index < -0.39 is 29.8 Å². The number of nitrogens with zero attached hydrogens (tertiary/aromatic N) is 1. The fourth-order valence-corrected chi connectivity index (χ4v) is 3.59. The van der Waals surface area contributed by atoms with E-state index in [0.29, 0.717) is 11.4 Å². The summed E-state index contributed by atoms with van der Waals surface area (Å²) < 4.78 is 5.28. The maximum absolute atomic E-state index is 13.1. The molecule has 0 fully saturated rings. The monoisotopic (exact) mass is 442 g/mol. The van der Waals surface area contributed by atoms with E-state index in [-0.39, 0.29) is 16.7 Å². The van der Waals surface area contributed by atoms with Crippen LogP contribution in [0.15, 0.2) is 66.7 Å². The second-order valence-electron chi connectivity index (χ2n) is 7.90. The molecule has 1 heterocycles. The minimum Gasteiger partial charge on any atom is -0.449 e. The maximum Gasteiger partial charge on any atom is 0.338 e. The third-order valence-corrected chi connectivity index (χ3v) is 5.42. The number of hydrogen-bond donors (Lipinski definition) is 1. The summed E-state index contributed by atoms with van der Waals surface area (Å²) >= 11 is 0. The molecule has 0 spiro atoms. The van der Waals surface area contributed by atoms with Gasteiger partial charge in [-0.15, -0.1) is 0 Å². The zero-order valence-electron chi connectivity index (χ0n) is 18.4. The van der Waals surface area contributed by atoms with E-state index in [0.717, 1.165) is 16.0 Å². The van der Waals surface area contributed by atoms with Crippen molar-refractivity contribution in [2.75, 3.05) is 10.2 Å². The van der Waals surface area contributed by atoms with Gasteiger partial charge in [0.15, 0.2) is 6.10 Å². The lowest BCUT2D eigenvalue weighted by Gasteiger charge is -2.17. The average molecular weight is 442 g/mol. The highest BCUT2D eigenvalue weighted by atomic mass is 16.5. The molecule has 7 heteroatoms. The molecule has 0 saturated heterocycles. The highest BCUT2D eigenvalue weighted by Gasteiger charge is 2.38. The molecule has 33 heavy (non-hydrogen) atoms. The van der Waals surface area contributed by atoms with E-state index in [4.69, 9.17) is 4.74 Å². The number of anilines is 2. The van der Waals surface area contributed by atoms with Gasteiger partial charge in [0.1, 0.15) is 0 Å². The van der Waals surface area contributed by atoms with Gasteiger partial charge in [-0.3, -0.25) is 14.4 Å². The van der Waals surface area contributed by atoms with Crippen molar-refractivity contribution < 1.29 is 23.9 Å². The molecular weight excluding hydrogens is 420 g/mol. The number of amides is 3. The van der Waals surface area contributed by atoms with E-state index in [9.17, 15) is 19.2 Å². The van der Waals surface area contributed by atoms with Crippen LogP contribution in [0.2, 0.25) is 0 Å². The molecule has 1 atom stereocenters. The van der Waals surface area contributed by atoms with Gasteiger partial charge in [0.2, 0.25) is 0 Å². The highest BCUT2D eigenvalue weighted by Crippen LogP contribution is 2.32. The van der Waals surface area contributed by atoms with E-state index in [2.05, 4.69) is 5.32 Å². The predicted octanol–water partition coefficient (Wildman–Crippen LogP) is 4.29. The molecule has 0 radical (unpaired) electrons. The summed E-state index contributed by atoms with van der Waals surface area (Å²) in [4.78, 5) is 52.1. The molecule has 0 aromatic heterocycles. The summed E-state index contributed by atoms with van der Waals surface area (Å²) in [7, 11) is 0. The molecule has 0 bridgehead atoms. The molecule has 3 aromatic rings. The van der Waals surface area contributed by atoms with Crippen LogP contribution < -0.4 is 10.2 Å². The van der Waals surface area contributed by atoms with Crippen LogP contribution in [0.25, 0.3) is 0 Å². The third kappa shape index (κ3) is 4.25. The molecule has 3 aromatic carbocycles. The second-order valence-corrected chi connectivity index (χ2v) is 7.90. The van der Waals surface area contributed by atoms with Gasteiger partial charge in [0.25, 0.3) is 17.7 Å². The minimum atomic E-state index is -1.06. The molecular formula is C26H22N2O5. The first-order valence-corrected chi connectivity index (χ1v) is 10.4. The molecule has 4 rings (SSSR count). The quantitative estimate of drug-likeness (QED) is 0.470. The van der Waals surface area contributed by atoms with Crippen LogP contribution in [0.4, 0.5) is 11.4 Å². The molecule has 0 unspecified atom stereocenters. The summed E-state index contributed by atoms with van der Waals surface area (Å²) in [5.41, 5.74) is 3.21. The number of para-hydroxylation sites is 1. The lowest BCUT2D eigenvalue weighted by atomic mass is 10.1. The Balaban J connectivity index is 1.52. The molecule has 0 saturated carbocycles. The van der Waals surface area contributed by atoms with Crippen LogP contribution in [0.3, 0.4) is 0 Å². The number of ether oxygens (including phenoxy) is 1. The summed E-state index contributed by atoms with van der Waals surface area (Å²) in [6, 6.07) is 18.5. The zero-order valence-corrected chi connectivity index (χ0v) is 18.4. The Kier molecular flexibility index (Phi) is 5.79. The van der Waals surface area contributed by atoms with Gasteiger partial charge in [0, 0.05) is 5.69 Å². The minimum absolute atomic E-state index is 0.0806. The first-order valence-electron chi connectivity index (χ1n) is 10.4. The Morgan fingerprint density at radius 2 is 1.58 bits per heavy atom. The summed E-state index contributed by atoms with van der Waals surface area (Å²) in [5.74, 6) is -2.20. The fourth-order valence-electron chi connectivity index (χ4n) is 3.59. The standard InChI is InChI=1S/C26H22N2O5/c1-15-9-10-16(2)22(13-15)28-24(30)20-12-11-18(14-21(20)25(28)31)26(32)33-17(3)23(29)27-19-7-5-4-6-8-19/h4-14,17H,1-3H3,(H,27,29)/t17-/m0/s1. The molecule has 1 aliphatic rings. The van der Waals surface area contributed by atoms with Crippen molar-refractivity contribution in [1.29, 1.82) is 0 Å². The summed E-state index contributed by atoms with van der Waals surface area (Å²) in [6.07, 6.45) is -1.06. The van der Waals surface area contributed by atoms with Crippen molar-refractivity contribution >= 4 is 35.1 Å². The fraction of sp³-hybridized carbons (Fsp3) is 0.154. The Hall–Kier alpha value is -4.26. The van der Waals surface area contributed by atoms with Gasteiger partial charge >= 0.3 is 5.97 Å². The predicted molar refractivity (Wildman–Crippen MR) is 123 cm³/mol. The van der Waals surface area contributed by atoms with Gasteiger partial charge in [-0.05, 0) is 68.3 Å². The Morgan fingerprint density at radius 1 is 0.879 bits per heavy atom. The highest BCUT2D eigenvalue weighted by molar-refractivity contribution is 6.35. The summed E-state index contributed by atoms with van der Waals surface area (Å²) in [6.45, 7) is 5.16. The molecule has 1 N–H and O–H groups in total. The van der Waals surface area contributed by atoms with Crippen molar-refractivity contribution in [1.82, 2.24) is 0 Å². The largest absolute Gasteiger partial charge is 0.449 e. The van der Waals surface area contributed by atoms with Crippen molar-refractivity contribution in [3.05, 3.63) is 94.5 Å². The van der Waals surface area contributed by atoms with Crippen LogP contribution >= 0.6 is 0 Å². The third-order valence-electron chi connectivity index (χ3n) is 5.42. The number of esters is 1. The van der Waals surface area contributed by atoms with Crippen molar-refractivity contribution in [2.24, 2.45) is 0 Å². The number of aryl methyl sites for hydroxylation is 2. The first kappa shape index (κ1) is 22.0. The van der Waals surface area contributed by atoms with Gasteiger partial charge in [-0.2, -0.15) is 0 Å². The molecule has 7 nitrogen and oxygen atoms in total. The Morgan fingerprint density at radius 3 is 2.30 bits per heavy atom. The van der Waals surface area contributed by atoms with Gasteiger partial charge < -0.3 is 10.1 Å². The molecule has 1 aliphatic heterocycles. The van der Waals surface area contributed by atoms with Crippen LogP contribution in [-0.2, 0) is 9.53 Å². The van der Waals surface area contributed by atoms with Crippen molar-refractivity contribution in [2.45, 2.75) is 26.9 Å². The van der Waals surface area contributed by atoms with Gasteiger partial charge in [0.05, 0.1) is 22.4 Å². The zero-order chi connectivity index (χ0) is 23.7. The molecule has 166 valence electrons. The topological polar surface area (TPSA) is 92.8 Å². The maximum atomic E-state index is 13.1. The Bertz CT molecular complexity index is 1280. The summed E-state index contributed by atoms with van der Waals surface area (Å²) in [5, 5.41) is 2.67. The lowest BCUT2D eigenvalue weighted by Crippen LogP contribution is -2.30. The van der Waals surface area contributed by atoms with E-state index >= 15 is 0 Å². The van der Waals surface area contributed by atoms with Crippen LogP contribution in [0, 0.1) is 13.8 Å². The van der Waals surface area contributed by atoms with Crippen LogP contribution in [-0.4, -0.2) is 29.8 Å². The number of rotatable bonds is 5. The van der Waals surface area contributed by atoms with Crippen LogP contribution in [0.1, 0.15) is 49.1 Å². The number of nitrogens with one attached hydrogen (secondary N) is 1. The number of carbonyl (C=O) groups excluding carboxylic acids is 4. The number of carbonyl (C=O) groups is 4. The normalized spacial score (nSPS) is 13.5. The van der Waals surface area contributed by atoms with Crippen LogP contribution in [0.5, 0.6) is 0 Å². The molecule has 3 amide bonds. The van der Waals surface area contributed by atoms with Gasteiger partial charge in [-0.1, -0.05) is 30.3 Å². The molecule has 0 aliphatic carbocycles. The second kappa shape index (κ2) is 8.70. The first-order chi connectivity index (χ1) is 15.8. The smallest absolute Gasteiger partial charge is 0.338 e. The SMILES string of the molecule is Cc1ccc(C)c(N2C(=O)c3ccc(C(=O)O[C@@H](C)C(=O)Nc4ccccc4)cc3C2=O)c1. The van der Waals surface area contributed by atoms with E-state index in [1.54, 1.807) is 30.3 Å². The number of imide groups is 1. The van der Waals surface area contributed by atoms with E-state index in [1.165, 1.54) is 25.1 Å². The average Bonchev–Trinajstić information content (AvgIpc) is 3.05. The van der Waals surface area contributed by atoms with Crippen molar-refractivity contribution in [3.8, 4) is 0 Å². The number of hydrogen-bond acceptors (Lipinski definition) is 5. The van der Waals surface area contributed by atoms with E-state index in [1.807, 2.05) is 32.0 Å². The Labute approximate surface area is 191 Å².